The number of rotatable bonds is 7. The first-order valence-electron chi connectivity index (χ1n) is 9.61. The van der Waals surface area contributed by atoms with Crippen LogP contribution in [0.5, 0.6) is 0 Å². The Morgan fingerprint density at radius 2 is 1.81 bits per heavy atom. The van der Waals surface area contributed by atoms with E-state index in [9.17, 15) is 18.0 Å². The molecule has 0 spiro atoms. The average Bonchev–Trinajstić information content (AvgIpc) is 2.78. The van der Waals surface area contributed by atoms with Crippen molar-refractivity contribution in [2.75, 3.05) is 40.0 Å². The van der Waals surface area contributed by atoms with E-state index in [1.54, 1.807) is 0 Å². The molecule has 0 N–H and O–H groups in total. The van der Waals surface area contributed by atoms with Crippen LogP contribution in [0.4, 0.5) is 0 Å². The number of benzene rings is 2. The summed E-state index contributed by atoms with van der Waals surface area (Å²) < 4.78 is 37.4. The van der Waals surface area contributed by atoms with Crippen molar-refractivity contribution < 1.29 is 27.5 Å². The van der Waals surface area contributed by atoms with E-state index in [1.807, 2.05) is 30.3 Å². The Hall–Kier alpha value is -2.46. The molecule has 2 aromatic carbocycles. The van der Waals surface area contributed by atoms with Crippen molar-refractivity contribution in [3.8, 4) is 0 Å². The Labute approximate surface area is 186 Å². The van der Waals surface area contributed by atoms with Crippen LogP contribution in [0.2, 0.25) is 5.02 Å². The summed E-state index contributed by atoms with van der Waals surface area (Å²) in [4.78, 5) is 26.1. The molecule has 1 fully saturated rings. The molecule has 1 aliphatic heterocycles. The molecule has 8 nitrogen and oxygen atoms in total. The fourth-order valence-corrected chi connectivity index (χ4v) is 4.42. The van der Waals surface area contributed by atoms with Gasteiger partial charge in [-0.2, -0.15) is 4.31 Å². The van der Waals surface area contributed by atoms with Crippen LogP contribution in [0.1, 0.15) is 15.9 Å². The summed E-state index contributed by atoms with van der Waals surface area (Å²) in [7, 11) is -2.43. The summed E-state index contributed by atoms with van der Waals surface area (Å²) in [5.41, 5.74) is 0.703. The maximum Gasteiger partial charge on any atom is 0.340 e. The number of hydrogen-bond acceptors (Lipinski definition) is 6. The first-order valence-corrected chi connectivity index (χ1v) is 11.4. The highest BCUT2D eigenvalue weighted by atomic mass is 35.5. The van der Waals surface area contributed by atoms with Gasteiger partial charge in [0.25, 0.3) is 5.91 Å². The Bertz CT molecular complexity index is 1040. The smallest absolute Gasteiger partial charge is 0.340 e. The number of esters is 1. The van der Waals surface area contributed by atoms with Gasteiger partial charge in [-0.1, -0.05) is 41.9 Å². The third kappa shape index (κ3) is 5.82. The summed E-state index contributed by atoms with van der Waals surface area (Å²) in [6, 6.07) is 13.0. The van der Waals surface area contributed by atoms with Crippen LogP contribution < -0.4 is 0 Å². The third-order valence-corrected chi connectivity index (χ3v) is 6.93. The monoisotopic (exact) mass is 466 g/mol. The molecule has 166 valence electrons. The number of sulfonamides is 1. The first kappa shape index (κ1) is 23.2. The summed E-state index contributed by atoms with van der Waals surface area (Å²) in [6.45, 7) is 1.43. The van der Waals surface area contributed by atoms with Gasteiger partial charge in [-0.05, 0) is 23.8 Å². The van der Waals surface area contributed by atoms with Gasteiger partial charge in [-0.15, -0.1) is 0 Å². The van der Waals surface area contributed by atoms with E-state index < -0.39 is 22.6 Å². The molecule has 3 rings (SSSR count). The molecule has 10 heteroatoms. The van der Waals surface area contributed by atoms with E-state index in [0.29, 0.717) is 26.3 Å². The fourth-order valence-electron chi connectivity index (χ4n) is 3.04. The molecule has 0 radical (unpaired) electrons. The molecule has 1 heterocycles. The van der Waals surface area contributed by atoms with Crippen molar-refractivity contribution in [1.82, 2.24) is 9.21 Å². The average molecular weight is 467 g/mol. The molecule has 1 amide bonds. The number of carbonyl (C=O) groups is 2. The van der Waals surface area contributed by atoms with Crippen LogP contribution in [0, 0.1) is 0 Å². The molecular formula is C21H23ClN2O6S. The van der Waals surface area contributed by atoms with Gasteiger partial charge in [0.1, 0.15) is 0 Å². The van der Waals surface area contributed by atoms with Crippen molar-refractivity contribution in [3.05, 3.63) is 64.7 Å². The molecule has 31 heavy (non-hydrogen) atoms. The maximum absolute atomic E-state index is 13.0. The van der Waals surface area contributed by atoms with Gasteiger partial charge >= 0.3 is 5.97 Å². The third-order valence-electron chi connectivity index (χ3n) is 4.80. The molecule has 0 atom stereocenters. The number of hydrogen-bond donors (Lipinski definition) is 0. The fraction of sp³-hybridized carbons (Fsp3) is 0.333. The van der Waals surface area contributed by atoms with Crippen LogP contribution in [0.3, 0.4) is 0 Å². The highest BCUT2D eigenvalue weighted by molar-refractivity contribution is 7.89. The van der Waals surface area contributed by atoms with E-state index in [-0.39, 0.29) is 27.9 Å². The van der Waals surface area contributed by atoms with Gasteiger partial charge in [-0.25, -0.2) is 13.2 Å². The first-order chi connectivity index (χ1) is 14.8. The minimum absolute atomic E-state index is 0.0356. The number of carbonyl (C=O) groups excluding carboxylic acids is 2. The Kier molecular flexibility index (Phi) is 7.66. The van der Waals surface area contributed by atoms with Crippen molar-refractivity contribution in [3.63, 3.8) is 0 Å². The highest BCUT2D eigenvalue weighted by Gasteiger charge is 2.25. The van der Waals surface area contributed by atoms with Crippen LogP contribution in [-0.2, 0) is 30.8 Å². The van der Waals surface area contributed by atoms with Crippen molar-refractivity contribution in [2.24, 2.45) is 0 Å². The summed E-state index contributed by atoms with van der Waals surface area (Å²) >= 11 is 6.09. The SMILES string of the molecule is CN(Cc1ccccc1)S(=O)(=O)c1ccc(Cl)c(C(=O)OCC(=O)N2CCOCC2)c1. The van der Waals surface area contributed by atoms with Gasteiger partial charge < -0.3 is 14.4 Å². The lowest BCUT2D eigenvalue weighted by Crippen LogP contribution is -2.42. The second-order valence-corrected chi connectivity index (χ2v) is 9.41. The van der Waals surface area contributed by atoms with E-state index in [0.717, 1.165) is 5.56 Å². The minimum Gasteiger partial charge on any atom is -0.452 e. The zero-order valence-corrected chi connectivity index (χ0v) is 18.6. The van der Waals surface area contributed by atoms with Gasteiger partial charge in [0, 0.05) is 26.7 Å². The molecule has 0 bridgehead atoms. The predicted molar refractivity (Wildman–Crippen MR) is 114 cm³/mol. The molecule has 1 saturated heterocycles. The van der Waals surface area contributed by atoms with Crippen LogP contribution in [0.25, 0.3) is 0 Å². The summed E-state index contributed by atoms with van der Waals surface area (Å²) in [6.07, 6.45) is 0. The lowest BCUT2D eigenvalue weighted by molar-refractivity contribution is -0.138. The van der Waals surface area contributed by atoms with Gasteiger partial charge in [0.15, 0.2) is 6.61 Å². The van der Waals surface area contributed by atoms with Crippen molar-refractivity contribution in [1.29, 1.82) is 0 Å². The Morgan fingerprint density at radius 1 is 1.13 bits per heavy atom. The van der Waals surface area contributed by atoms with Crippen molar-refractivity contribution in [2.45, 2.75) is 11.4 Å². The van der Waals surface area contributed by atoms with E-state index in [2.05, 4.69) is 0 Å². The molecule has 1 aliphatic rings. The highest BCUT2D eigenvalue weighted by Crippen LogP contribution is 2.24. The van der Waals surface area contributed by atoms with E-state index in [4.69, 9.17) is 21.1 Å². The number of amides is 1. The quantitative estimate of drug-likeness (QED) is 0.580. The van der Waals surface area contributed by atoms with Gasteiger partial charge in [-0.3, -0.25) is 4.79 Å². The minimum atomic E-state index is -3.88. The normalized spacial score (nSPS) is 14.5. The van der Waals surface area contributed by atoms with Crippen molar-refractivity contribution >= 4 is 33.5 Å². The summed E-state index contributed by atoms with van der Waals surface area (Å²) in [5, 5.41) is 0.0356. The number of morpholine rings is 1. The standard InChI is InChI=1S/C21H23ClN2O6S/c1-23(14-16-5-3-2-4-6-16)31(27,28)17-7-8-19(22)18(13-17)21(26)30-15-20(25)24-9-11-29-12-10-24/h2-8,13H,9-12,14-15H2,1H3. The zero-order chi connectivity index (χ0) is 22.4. The lowest BCUT2D eigenvalue weighted by Gasteiger charge is -2.26. The van der Waals surface area contributed by atoms with E-state index >= 15 is 0 Å². The van der Waals surface area contributed by atoms with Gasteiger partial charge in [0.2, 0.25) is 10.0 Å². The molecule has 0 saturated carbocycles. The molecule has 0 unspecified atom stereocenters. The second-order valence-electron chi connectivity index (χ2n) is 6.96. The topological polar surface area (TPSA) is 93.2 Å². The number of nitrogens with zero attached hydrogens (tertiary/aromatic N) is 2. The number of ether oxygens (including phenoxy) is 2. The van der Waals surface area contributed by atoms with E-state index in [1.165, 1.54) is 34.5 Å². The van der Waals surface area contributed by atoms with Crippen LogP contribution in [0.15, 0.2) is 53.4 Å². The summed E-state index contributed by atoms with van der Waals surface area (Å²) in [5.74, 6) is -1.21. The van der Waals surface area contributed by atoms with Crippen LogP contribution in [-0.4, -0.2) is 69.5 Å². The number of halogens is 1. The maximum atomic E-state index is 13.0. The Balaban J connectivity index is 1.71. The van der Waals surface area contributed by atoms with Gasteiger partial charge in [0.05, 0.1) is 28.7 Å². The Morgan fingerprint density at radius 3 is 2.48 bits per heavy atom. The largest absolute Gasteiger partial charge is 0.452 e. The molecule has 0 aromatic heterocycles. The lowest BCUT2D eigenvalue weighted by atomic mass is 10.2. The molecular weight excluding hydrogens is 444 g/mol. The second kappa shape index (κ2) is 10.2. The molecule has 2 aromatic rings. The predicted octanol–water partition coefficient (Wildman–Crippen LogP) is 2.18. The van der Waals surface area contributed by atoms with Crippen LogP contribution >= 0.6 is 11.6 Å². The molecule has 0 aliphatic carbocycles. The zero-order valence-electron chi connectivity index (χ0n) is 17.0.